The molecule has 3 rings (SSSR count). The highest BCUT2D eigenvalue weighted by molar-refractivity contribution is 7.89. The molecular formula is C24H30FN3O5S. The Morgan fingerprint density at radius 3 is 2.41 bits per heavy atom. The van der Waals surface area contributed by atoms with Crippen LogP contribution in [0.4, 0.5) is 10.1 Å². The number of ether oxygens (including phenoxy) is 1. The van der Waals surface area contributed by atoms with Gasteiger partial charge in [-0.2, -0.15) is 4.31 Å². The summed E-state index contributed by atoms with van der Waals surface area (Å²) in [6.07, 6.45) is 1.74. The van der Waals surface area contributed by atoms with E-state index in [1.165, 1.54) is 40.7 Å². The minimum Gasteiger partial charge on any atom is -0.452 e. The third-order valence-electron chi connectivity index (χ3n) is 5.60. The first kappa shape index (κ1) is 25.6. The Balaban J connectivity index is 1.60. The van der Waals surface area contributed by atoms with Gasteiger partial charge in [-0.25, -0.2) is 17.6 Å². The minimum atomic E-state index is -3.82. The van der Waals surface area contributed by atoms with Crippen molar-refractivity contribution in [3.8, 4) is 0 Å². The summed E-state index contributed by atoms with van der Waals surface area (Å²) in [5.74, 6) is -1.50. The van der Waals surface area contributed by atoms with Crippen molar-refractivity contribution in [2.24, 2.45) is 0 Å². The van der Waals surface area contributed by atoms with Gasteiger partial charge in [-0.1, -0.05) is 19.4 Å². The van der Waals surface area contributed by atoms with Crippen LogP contribution in [0.1, 0.15) is 37.0 Å². The van der Waals surface area contributed by atoms with E-state index in [2.05, 4.69) is 5.32 Å². The van der Waals surface area contributed by atoms with Gasteiger partial charge in [0.05, 0.1) is 10.5 Å². The molecule has 1 aliphatic rings. The molecule has 0 aromatic heterocycles. The number of carbonyl (C=O) groups excluding carboxylic acids is 2. The van der Waals surface area contributed by atoms with Crippen molar-refractivity contribution in [1.82, 2.24) is 9.62 Å². The quantitative estimate of drug-likeness (QED) is 0.542. The zero-order chi connectivity index (χ0) is 24.7. The number of halogens is 1. The van der Waals surface area contributed by atoms with Gasteiger partial charge in [-0.05, 0) is 55.8 Å². The summed E-state index contributed by atoms with van der Waals surface area (Å²) in [4.78, 5) is 26.3. The number of hydrogen-bond donors (Lipinski definition) is 1. The normalized spacial score (nSPS) is 15.6. The van der Waals surface area contributed by atoms with Crippen molar-refractivity contribution in [2.75, 3.05) is 37.7 Å². The molecule has 1 amide bonds. The molecule has 0 radical (unpaired) electrons. The number of carbonyl (C=O) groups is 2. The Bertz CT molecular complexity index is 1100. The Kier molecular flexibility index (Phi) is 8.62. The fourth-order valence-corrected chi connectivity index (χ4v) is 5.28. The summed E-state index contributed by atoms with van der Waals surface area (Å²) >= 11 is 0. The van der Waals surface area contributed by atoms with E-state index in [4.69, 9.17) is 4.74 Å². The smallest absolute Gasteiger partial charge is 0.338 e. The molecule has 1 aliphatic heterocycles. The summed E-state index contributed by atoms with van der Waals surface area (Å²) in [6, 6.07) is 11.7. The number of anilines is 1. The molecule has 10 heteroatoms. The predicted molar refractivity (Wildman–Crippen MR) is 127 cm³/mol. The topological polar surface area (TPSA) is 96.0 Å². The molecule has 34 heavy (non-hydrogen) atoms. The molecule has 1 fully saturated rings. The second-order valence-corrected chi connectivity index (χ2v) is 10.2. The summed E-state index contributed by atoms with van der Waals surface area (Å²) < 4.78 is 45.9. The van der Waals surface area contributed by atoms with E-state index in [-0.39, 0.29) is 35.4 Å². The average molecular weight is 492 g/mol. The molecule has 1 unspecified atom stereocenters. The lowest BCUT2D eigenvalue weighted by Crippen LogP contribution is -2.48. The van der Waals surface area contributed by atoms with Crippen LogP contribution in [-0.2, 0) is 19.6 Å². The highest BCUT2D eigenvalue weighted by Gasteiger charge is 2.29. The Morgan fingerprint density at radius 1 is 1.09 bits per heavy atom. The third kappa shape index (κ3) is 6.54. The van der Waals surface area contributed by atoms with Crippen molar-refractivity contribution < 1.29 is 27.1 Å². The van der Waals surface area contributed by atoms with Crippen molar-refractivity contribution in [3.63, 3.8) is 0 Å². The van der Waals surface area contributed by atoms with Crippen molar-refractivity contribution in [1.29, 1.82) is 0 Å². The van der Waals surface area contributed by atoms with Crippen LogP contribution < -0.4 is 10.2 Å². The number of sulfonamides is 1. The van der Waals surface area contributed by atoms with Crippen LogP contribution in [0.5, 0.6) is 0 Å². The largest absolute Gasteiger partial charge is 0.452 e. The number of piperazine rings is 1. The third-order valence-corrected chi connectivity index (χ3v) is 7.50. The zero-order valence-electron chi connectivity index (χ0n) is 19.4. The maximum Gasteiger partial charge on any atom is 0.338 e. The molecular weight excluding hydrogens is 461 g/mol. The van der Waals surface area contributed by atoms with Crippen LogP contribution in [0.25, 0.3) is 0 Å². The molecule has 184 valence electrons. The van der Waals surface area contributed by atoms with Crippen LogP contribution in [0.3, 0.4) is 0 Å². The first-order chi connectivity index (χ1) is 16.2. The fraction of sp³-hybridized carbons (Fsp3) is 0.417. The maximum absolute atomic E-state index is 13.2. The standard InChI is InChI=1S/C24H30FN3O5S/c1-3-5-18(2)26-23(29)17-33-24(30)19-6-4-7-22(16-19)34(31,32)28-14-12-27(13-15-28)21-10-8-20(25)9-11-21/h4,6-11,16,18H,3,5,12-15,17H2,1-2H3,(H,26,29). The van der Waals surface area contributed by atoms with Gasteiger partial charge in [0.15, 0.2) is 6.61 Å². The number of nitrogens with one attached hydrogen (secondary N) is 1. The van der Waals surface area contributed by atoms with Gasteiger partial charge in [0.2, 0.25) is 10.0 Å². The molecule has 0 aliphatic carbocycles. The van der Waals surface area contributed by atoms with Gasteiger partial charge < -0.3 is 15.0 Å². The molecule has 0 saturated carbocycles. The van der Waals surface area contributed by atoms with Crippen molar-refractivity contribution in [3.05, 3.63) is 59.9 Å². The van der Waals surface area contributed by atoms with Gasteiger partial charge in [-0.3, -0.25) is 4.79 Å². The van der Waals surface area contributed by atoms with Crippen LogP contribution in [0.2, 0.25) is 0 Å². The molecule has 2 aromatic carbocycles. The van der Waals surface area contributed by atoms with E-state index in [0.29, 0.717) is 13.1 Å². The number of amides is 1. The highest BCUT2D eigenvalue weighted by atomic mass is 32.2. The van der Waals surface area contributed by atoms with E-state index in [1.54, 1.807) is 12.1 Å². The van der Waals surface area contributed by atoms with Crippen molar-refractivity contribution >= 4 is 27.6 Å². The fourth-order valence-electron chi connectivity index (χ4n) is 3.81. The summed E-state index contributed by atoms with van der Waals surface area (Å²) in [5, 5.41) is 2.74. The Hall–Kier alpha value is -2.98. The van der Waals surface area contributed by atoms with Gasteiger partial charge >= 0.3 is 5.97 Å². The van der Waals surface area contributed by atoms with E-state index >= 15 is 0 Å². The molecule has 2 aromatic rings. The van der Waals surface area contributed by atoms with Crippen LogP contribution in [0.15, 0.2) is 53.4 Å². The van der Waals surface area contributed by atoms with Crippen LogP contribution in [-0.4, -0.2) is 63.4 Å². The zero-order valence-corrected chi connectivity index (χ0v) is 20.2. The van der Waals surface area contributed by atoms with E-state index in [9.17, 15) is 22.4 Å². The highest BCUT2D eigenvalue weighted by Crippen LogP contribution is 2.22. The molecule has 0 bridgehead atoms. The number of benzene rings is 2. The summed E-state index contributed by atoms with van der Waals surface area (Å²) in [6.45, 7) is 4.87. The number of esters is 1. The molecule has 8 nitrogen and oxygen atoms in total. The lowest BCUT2D eigenvalue weighted by atomic mass is 10.2. The van der Waals surface area contributed by atoms with Crippen LogP contribution >= 0.6 is 0 Å². The van der Waals surface area contributed by atoms with E-state index in [0.717, 1.165) is 18.5 Å². The van der Waals surface area contributed by atoms with Gasteiger partial charge in [0.1, 0.15) is 5.82 Å². The van der Waals surface area contributed by atoms with E-state index in [1.807, 2.05) is 18.7 Å². The second-order valence-electron chi connectivity index (χ2n) is 8.23. The molecule has 1 atom stereocenters. The molecule has 1 heterocycles. The van der Waals surface area contributed by atoms with Crippen molar-refractivity contribution in [2.45, 2.75) is 37.6 Å². The number of nitrogens with zero attached hydrogens (tertiary/aromatic N) is 2. The lowest BCUT2D eigenvalue weighted by Gasteiger charge is -2.35. The summed E-state index contributed by atoms with van der Waals surface area (Å²) in [5.41, 5.74) is 0.886. The Morgan fingerprint density at radius 2 is 1.76 bits per heavy atom. The minimum absolute atomic E-state index is 0.0156. The average Bonchev–Trinajstić information content (AvgIpc) is 2.83. The van der Waals surface area contributed by atoms with Gasteiger partial charge in [0.25, 0.3) is 5.91 Å². The van der Waals surface area contributed by atoms with E-state index < -0.39 is 28.5 Å². The second kappa shape index (κ2) is 11.4. The Labute approximate surface area is 199 Å². The van der Waals surface area contributed by atoms with Gasteiger partial charge in [-0.15, -0.1) is 0 Å². The first-order valence-corrected chi connectivity index (χ1v) is 12.7. The maximum atomic E-state index is 13.2. The SMILES string of the molecule is CCCC(C)NC(=O)COC(=O)c1cccc(S(=O)(=O)N2CCN(c3ccc(F)cc3)CC2)c1. The summed E-state index contributed by atoms with van der Waals surface area (Å²) in [7, 11) is -3.82. The first-order valence-electron chi connectivity index (χ1n) is 11.3. The molecule has 1 saturated heterocycles. The number of rotatable bonds is 9. The molecule has 0 spiro atoms. The monoisotopic (exact) mass is 491 g/mol. The number of hydrogen-bond acceptors (Lipinski definition) is 6. The molecule has 1 N–H and O–H groups in total. The van der Waals surface area contributed by atoms with Gasteiger partial charge in [0, 0.05) is 37.9 Å². The lowest BCUT2D eigenvalue weighted by molar-refractivity contribution is -0.124. The van der Waals surface area contributed by atoms with Crippen LogP contribution in [0, 0.1) is 5.82 Å². The predicted octanol–water partition coefficient (Wildman–Crippen LogP) is 2.80.